The van der Waals surface area contributed by atoms with E-state index in [4.69, 9.17) is 13.3 Å². The lowest BCUT2D eigenvalue weighted by Gasteiger charge is -2.32. The molecule has 1 rings (SSSR count). The standard InChI is InChI=1S/C10H22O5SSi/c1-4-13-17(14-5-2,15-6-3)10-7-8-16(11,12)9-10/h10H,4-9H2,1-3H3. The number of hydrogen-bond donors (Lipinski definition) is 0. The molecule has 1 aliphatic rings. The molecule has 1 saturated heterocycles. The molecule has 17 heavy (non-hydrogen) atoms. The Hall–Kier alpha value is 0.0469. The lowest BCUT2D eigenvalue weighted by atomic mass is 10.4. The highest BCUT2D eigenvalue weighted by atomic mass is 32.2. The lowest BCUT2D eigenvalue weighted by Crippen LogP contribution is -2.50. The van der Waals surface area contributed by atoms with Crippen molar-refractivity contribution in [1.29, 1.82) is 0 Å². The average molecular weight is 282 g/mol. The van der Waals surface area contributed by atoms with Gasteiger partial charge < -0.3 is 13.3 Å². The van der Waals surface area contributed by atoms with Crippen molar-refractivity contribution in [3.8, 4) is 0 Å². The first-order valence-electron chi connectivity index (χ1n) is 6.12. The van der Waals surface area contributed by atoms with Crippen molar-refractivity contribution in [1.82, 2.24) is 0 Å². The van der Waals surface area contributed by atoms with E-state index in [9.17, 15) is 8.42 Å². The van der Waals surface area contributed by atoms with Crippen molar-refractivity contribution in [2.24, 2.45) is 0 Å². The molecule has 1 unspecified atom stereocenters. The second kappa shape index (κ2) is 6.28. The first-order chi connectivity index (χ1) is 7.99. The third kappa shape index (κ3) is 3.75. The van der Waals surface area contributed by atoms with E-state index in [-0.39, 0.29) is 17.0 Å². The van der Waals surface area contributed by atoms with Gasteiger partial charge in [0, 0.05) is 25.4 Å². The monoisotopic (exact) mass is 282 g/mol. The summed E-state index contributed by atoms with van der Waals surface area (Å²) >= 11 is 0. The molecule has 0 aromatic heterocycles. The van der Waals surface area contributed by atoms with Gasteiger partial charge in [0.2, 0.25) is 0 Å². The van der Waals surface area contributed by atoms with E-state index in [0.29, 0.717) is 26.2 Å². The highest BCUT2D eigenvalue weighted by molar-refractivity contribution is 7.91. The van der Waals surface area contributed by atoms with Crippen LogP contribution in [0.25, 0.3) is 0 Å². The maximum absolute atomic E-state index is 11.6. The van der Waals surface area contributed by atoms with Gasteiger partial charge in [-0.1, -0.05) is 0 Å². The average Bonchev–Trinajstić information content (AvgIpc) is 2.60. The molecular formula is C10H22O5SSi. The fraction of sp³-hybridized carbons (Fsp3) is 1.00. The number of hydrogen-bond acceptors (Lipinski definition) is 5. The van der Waals surface area contributed by atoms with Crippen LogP contribution in [0.4, 0.5) is 0 Å². The van der Waals surface area contributed by atoms with E-state index < -0.39 is 18.6 Å². The molecule has 102 valence electrons. The molecule has 1 fully saturated rings. The molecule has 0 amide bonds. The molecule has 0 saturated carbocycles. The third-order valence-corrected chi connectivity index (χ3v) is 8.40. The Kier molecular flexibility index (Phi) is 5.58. The topological polar surface area (TPSA) is 61.8 Å². The molecule has 0 bridgehead atoms. The van der Waals surface area contributed by atoms with Gasteiger partial charge in [-0.15, -0.1) is 0 Å². The van der Waals surface area contributed by atoms with Gasteiger partial charge in [0.25, 0.3) is 0 Å². The van der Waals surface area contributed by atoms with E-state index in [1.54, 1.807) is 0 Å². The summed E-state index contributed by atoms with van der Waals surface area (Å²) in [5.74, 6) is 0.360. The van der Waals surface area contributed by atoms with Crippen molar-refractivity contribution in [3.63, 3.8) is 0 Å². The first-order valence-corrected chi connectivity index (χ1v) is 9.74. The Bertz CT molecular complexity index is 313. The number of rotatable bonds is 7. The normalized spacial score (nSPS) is 24.1. The molecule has 0 aromatic carbocycles. The molecule has 1 heterocycles. The minimum absolute atomic E-state index is 0.104. The molecule has 0 aromatic rings. The second-order valence-corrected chi connectivity index (χ2v) is 9.12. The summed E-state index contributed by atoms with van der Waals surface area (Å²) in [6.45, 7) is 7.10. The number of sulfone groups is 1. The predicted octanol–water partition coefficient (Wildman–Crippen LogP) is 1.22. The first kappa shape index (κ1) is 15.1. The van der Waals surface area contributed by atoms with Crippen molar-refractivity contribution in [2.75, 3.05) is 31.3 Å². The molecule has 0 aliphatic carbocycles. The van der Waals surface area contributed by atoms with Crippen molar-refractivity contribution >= 4 is 18.6 Å². The van der Waals surface area contributed by atoms with Gasteiger partial charge in [0.15, 0.2) is 9.84 Å². The van der Waals surface area contributed by atoms with E-state index >= 15 is 0 Å². The maximum atomic E-state index is 11.6. The van der Waals surface area contributed by atoms with E-state index in [1.165, 1.54) is 0 Å². The molecule has 0 radical (unpaired) electrons. The van der Waals surface area contributed by atoms with Crippen LogP contribution >= 0.6 is 0 Å². The molecular weight excluding hydrogens is 260 g/mol. The van der Waals surface area contributed by atoms with E-state index in [1.807, 2.05) is 20.8 Å². The van der Waals surface area contributed by atoms with Crippen molar-refractivity contribution in [3.05, 3.63) is 0 Å². The van der Waals surface area contributed by atoms with Crippen LogP contribution < -0.4 is 0 Å². The molecule has 1 atom stereocenters. The van der Waals surface area contributed by atoms with E-state index in [2.05, 4.69) is 0 Å². The Morgan fingerprint density at radius 1 is 1.06 bits per heavy atom. The minimum Gasteiger partial charge on any atom is -0.374 e. The van der Waals surface area contributed by atoms with Gasteiger partial charge in [-0.25, -0.2) is 8.42 Å². The molecule has 1 aliphatic heterocycles. The smallest absolute Gasteiger partial charge is 0.374 e. The Morgan fingerprint density at radius 3 is 1.82 bits per heavy atom. The Morgan fingerprint density at radius 2 is 1.53 bits per heavy atom. The predicted molar refractivity (Wildman–Crippen MR) is 67.7 cm³/mol. The van der Waals surface area contributed by atoms with Crippen LogP contribution in [-0.2, 0) is 23.1 Å². The highest BCUT2D eigenvalue weighted by Gasteiger charge is 2.53. The Labute approximate surface area is 105 Å². The highest BCUT2D eigenvalue weighted by Crippen LogP contribution is 2.35. The van der Waals surface area contributed by atoms with Gasteiger partial charge >= 0.3 is 8.80 Å². The van der Waals surface area contributed by atoms with Crippen molar-refractivity contribution < 1.29 is 21.7 Å². The van der Waals surface area contributed by atoms with Crippen LogP contribution in [0, 0.1) is 0 Å². The minimum atomic E-state index is -2.94. The van der Waals surface area contributed by atoms with Crippen LogP contribution in [-0.4, -0.2) is 48.5 Å². The summed E-state index contributed by atoms with van der Waals surface area (Å²) in [6, 6.07) is 0. The Balaban J connectivity index is 2.87. The largest absolute Gasteiger partial charge is 0.505 e. The van der Waals surface area contributed by atoms with Gasteiger partial charge in [-0.2, -0.15) is 0 Å². The van der Waals surface area contributed by atoms with Crippen LogP contribution in [0.15, 0.2) is 0 Å². The van der Waals surface area contributed by atoms with Crippen LogP contribution in [0.5, 0.6) is 0 Å². The fourth-order valence-electron chi connectivity index (χ4n) is 2.16. The van der Waals surface area contributed by atoms with Gasteiger partial charge in [0.05, 0.1) is 11.5 Å². The zero-order chi connectivity index (χ0) is 12.9. The summed E-state index contributed by atoms with van der Waals surface area (Å²) in [5.41, 5.74) is -0.104. The molecule has 0 spiro atoms. The van der Waals surface area contributed by atoms with Gasteiger partial charge in [0.1, 0.15) is 0 Å². The summed E-state index contributed by atoms with van der Waals surface area (Å²) in [5, 5.41) is 0. The summed E-state index contributed by atoms with van der Waals surface area (Å²) in [4.78, 5) is 0. The third-order valence-electron chi connectivity index (χ3n) is 2.77. The van der Waals surface area contributed by atoms with Crippen LogP contribution in [0.1, 0.15) is 27.2 Å². The van der Waals surface area contributed by atoms with Crippen LogP contribution in [0.2, 0.25) is 5.54 Å². The summed E-state index contributed by atoms with van der Waals surface area (Å²) in [7, 11) is -5.77. The van der Waals surface area contributed by atoms with Crippen molar-refractivity contribution in [2.45, 2.75) is 32.7 Å². The van der Waals surface area contributed by atoms with Crippen LogP contribution in [0.3, 0.4) is 0 Å². The molecule has 5 nitrogen and oxygen atoms in total. The summed E-state index contributed by atoms with van der Waals surface area (Å²) in [6.07, 6.45) is 0.592. The van der Waals surface area contributed by atoms with Gasteiger partial charge in [-0.3, -0.25) is 0 Å². The molecule has 0 N–H and O–H groups in total. The second-order valence-electron chi connectivity index (χ2n) is 4.00. The molecule has 7 heteroatoms. The zero-order valence-electron chi connectivity index (χ0n) is 10.8. The SMILES string of the molecule is CCO[Si](OCC)(OCC)C1CCS(=O)(=O)C1. The fourth-order valence-corrected chi connectivity index (χ4v) is 8.20. The quantitative estimate of drug-likeness (QED) is 0.657. The zero-order valence-corrected chi connectivity index (χ0v) is 12.6. The summed E-state index contributed by atoms with van der Waals surface area (Å²) < 4.78 is 40.3. The van der Waals surface area contributed by atoms with Gasteiger partial charge in [-0.05, 0) is 27.2 Å². The lowest BCUT2D eigenvalue weighted by molar-refractivity contribution is 0.0631. The maximum Gasteiger partial charge on any atom is 0.505 e. The van der Waals surface area contributed by atoms with E-state index in [0.717, 1.165) is 0 Å².